The monoisotopic (exact) mass is 218 g/mol. The third-order valence-electron chi connectivity index (χ3n) is 1.43. The van der Waals surface area contributed by atoms with Crippen molar-refractivity contribution in [3.05, 3.63) is 34.1 Å². The lowest BCUT2D eigenvalue weighted by molar-refractivity contribution is 0.194. The van der Waals surface area contributed by atoms with Crippen molar-refractivity contribution < 1.29 is 9.50 Å². The van der Waals surface area contributed by atoms with Gasteiger partial charge in [-0.1, -0.05) is 12.1 Å². The summed E-state index contributed by atoms with van der Waals surface area (Å²) in [6.45, 7) is 1.53. The minimum absolute atomic E-state index is 0.319. The van der Waals surface area contributed by atoms with Crippen molar-refractivity contribution in [3.63, 3.8) is 0 Å². The third kappa shape index (κ3) is 1.79. The van der Waals surface area contributed by atoms with Gasteiger partial charge in [-0.25, -0.2) is 4.39 Å². The lowest BCUT2D eigenvalue weighted by Gasteiger charge is -2.06. The van der Waals surface area contributed by atoms with Crippen LogP contribution in [0.3, 0.4) is 0 Å². The fourth-order valence-electron chi connectivity index (χ4n) is 0.843. The summed E-state index contributed by atoms with van der Waals surface area (Å²) < 4.78 is 13.4. The summed E-state index contributed by atoms with van der Waals surface area (Å²) in [5, 5.41) is 9.07. The second-order valence-corrected chi connectivity index (χ2v) is 3.17. The Kier molecular flexibility index (Phi) is 2.62. The quantitative estimate of drug-likeness (QED) is 0.769. The van der Waals surface area contributed by atoms with Gasteiger partial charge in [-0.3, -0.25) is 0 Å². The molecule has 60 valence electrons. The molecule has 1 nitrogen and oxygen atoms in total. The minimum Gasteiger partial charge on any atom is -0.389 e. The van der Waals surface area contributed by atoms with E-state index in [2.05, 4.69) is 15.9 Å². The highest BCUT2D eigenvalue weighted by atomic mass is 79.9. The van der Waals surface area contributed by atoms with Crippen LogP contribution in [0.1, 0.15) is 18.6 Å². The van der Waals surface area contributed by atoms with Gasteiger partial charge in [0.2, 0.25) is 0 Å². The Morgan fingerprint density at radius 2 is 2.18 bits per heavy atom. The lowest BCUT2D eigenvalue weighted by atomic mass is 10.1. The van der Waals surface area contributed by atoms with Gasteiger partial charge < -0.3 is 5.11 Å². The van der Waals surface area contributed by atoms with Crippen LogP contribution >= 0.6 is 15.9 Å². The molecule has 1 aromatic carbocycles. The van der Waals surface area contributed by atoms with Gasteiger partial charge in [-0.2, -0.15) is 0 Å². The Labute approximate surface area is 73.0 Å². The maximum Gasteiger partial charge on any atom is 0.143 e. The molecule has 0 bridgehead atoms. The molecule has 0 saturated heterocycles. The Morgan fingerprint density at radius 3 is 2.64 bits per heavy atom. The van der Waals surface area contributed by atoms with E-state index in [0.717, 1.165) is 0 Å². The number of rotatable bonds is 1. The molecule has 3 heteroatoms. The molecule has 0 aliphatic rings. The standard InChI is InChI=1S/C8H8BrFO/c1-5(11)6-3-2-4-7(9)8(6)10/h2-5,11H,1H3/t5-/m1/s1. The first-order valence-electron chi connectivity index (χ1n) is 3.25. The summed E-state index contributed by atoms with van der Waals surface area (Å²) in [4.78, 5) is 0. The van der Waals surface area contributed by atoms with Crippen molar-refractivity contribution in [2.45, 2.75) is 13.0 Å². The van der Waals surface area contributed by atoms with E-state index in [0.29, 0.717) is 10.0 Å². The van der Waals surface area contributed by atoms with Crippen LogP contribution in [0.5, 0.6) is 0 Å². The van der Waals surface area contributed by atoms with Crippen LogP contribution in [-0.4, -0.2) is 5.11 Å². The summed E-state index contributed by atoms with van der Waals surface area (Å²) in [6.07, 6.45) is -0.757. The van der Waals surface area contributed by atoms with Gasteiger partial charge in [0, 0.05) is 5.56 Å². The van der Waals surface area contributed by atoms with Gasteiger partial charge in [-0.05, 0) is 28.9 Å². The number of hydrogen-bond acceptors (Lipinski definition) is 1. The smallest absolute Gasteiger partial charge is 0.143 e. The Morgan fingerprint density at radius 1 is 1.55 bits per heavy atom. The predicted molar refractivity (Wildman–Crippen MR) is 44.7 cm³/mol. The van der Waals surface area contributed by atoms with Crippen LogP contribution in [0.4, 0.5) is 4.39 Å². The van der Waals surface area contributed by atoms with Crippen molar-refractivity contribution in [2.24, 2.45) is 0 Å². The molecule has 0 heterocycles. The van der Waals surface area contributed by atoms with E-state index in [1.165, 1.54) is 6.92 Å². The first kappa shape index (κ1) is 8.68. The maximum atomic E-state index is 13.0. The summed E-state index contributed by atoms with van der Waals surface area (Å²) in [5.74, 6) is -0.387. The zero-order chi connectivity index (χ0) is 8.43. The van der Waals surface area contributed by atoms with E-state index in [-0.39, 0.29) is 5.82 Å². The minimum atomic E-state index is -0.757. The number of aliphatic hydroxyl groups is 1. The number of aliphatic hydroxyl groups excluding tert-OH is 1. The zero-order valence-corrected chi connectivity index (χ0v) is 7.60. The highest BCUT2D eigenvalue weighted by molar-refractivity contribution is 9.10. The SMILES string of the molecule is C[C@@H](O)c1cccc(Br)c1F. The summed E-state index contributed by atoms with van der Waals surface area (Å²) in [5.41, 5.74) is 0.319. The average molecular weight is 219 g/mol. The first-order valence-corrected chi connectivity index (χ1v) is 4.04. The van der Waals surface area contributed by atoms with Crippen LogP contribution in [0, 0.1) is 5.82 Å². The lowest BCUT2D eigenvalue weighted by Crippen LogP contribution is -1.95. The molecule has 0 aromatic heterocycles. The van der Waals surface area contributed by atoms with Crippen LogP contribution in [0.25, 0.3) is 0 Å². The molecule has 0 saturated carbocycles. The van der Waals surface area contributed by atoms with Gasteiger partial charge in [-0.15, -0.1) is 0 Å². The van der Waals surface area contributed by atoms with Crippen molar-refractivity contribution in [2.75, 3.05) is 0 Å². The number of hydrogen-bond donors (Lipinski definition) is 1. The number of halogens is 2. The van der Waals surface area contributed by atoms with E-state index in [4.69, 9.17) is 5.11 Å². The van der Waals surface area contributed by atoms with Crippen LogP contribution in [0.2, 0.25) is 0 Å². The summed E-state index contributed by atoms with van der Waals surface area (Å²) >= 11 is 3.03. The Hall–Kier alpha value is -0.410. The predicted octanol–water partition coefficient (Wildman–Crippen LogP) is 2.64. The van der Waals surface area contributed by atoms with E-state index in [9.17, 15) is 4.39 Å². The van der Waals surface area contributed by atoms with Crippen LogP contribution in [0.15, 0.2) is 22.7 Å². The molecule has 0 amide bonds. The maximum absolute atomic E-state index is 13.0. The van der Waals surface area contributed by atoms with Crippen LogP contribution in [-0.2, 0) is 0 Å². The van der Waals surface area contributed by atoms with Gasteiger partial charge in [0.1, 0.15) is 5.82 Å². The van der Waals surface area contributed by atoms with Gasteiger partial charge in [0.15, 0.2) is 0 Å². The number of benzene rings is 1. The molecular formula is C8H8BrFO. The second kappa shape index (κ2) is 3.32. The van der Waals surface area contributed by atoms with Gasteiger partial charge >= 0.3 is 0 Å². The normalized spacial score (nSPS) is 13.1. The molecule has 0 radical (unpaired) electrons. The zero-order valence-electron chi connectivity index (χ0n) is 6.01. The molecule has 0 unspecified atom stereocenters. The van der Waals surface area contributed by atoms with Crippen molar-refractivity contribution in [3.8, 4) is 0 Å². The molecule has 1 rings (SSSR count). The van der Waals surface area contributed by atoms with Crippen LogP contribution < -0.4 is 0 Å². The second-order valence-electron chi connectivity index (χ2n) is 2.32. The van der Waals surface area contributed by atoms with E-state index in [1.54, 1.807) is 18.2 Å². The third-order valence-corrected chi connectivity index (χ3v) is 2.04. The van der Waals surface area contributed by atoms with Gasteiger partial charge in [0.05, 0.1) is 10.6 Å². The van der Waals surface area contributed by atoms with Crippen molar-refractivity contribution in [1.29, 1.82) is 0 Å². The highest BCUT2D eigenvalue weighted by Gasteiger charge is 2.09. The largest absolute Gasteiger partial charge is 0.389 e. The fraction of sp³-hybridized carbons (Fsp3) is 0.250. The Balaban J connectivity index is 3.17. The molecule has 0 spiro atoms. The fourth-order valence-corrected chi connectivity index (χ4v) is 1.22. The average Bonchev–Trinajstić information content (AvgIpc) is 1.94. The topological polar surface area (TPSA) is 20.2 Å². The van der Waals surface area contributed by atoms with E-state index in [1.807, 2.05) is 0 Å². The van der Waals surface area contributed by atoms with E-state index >= 15 is 0 Å². The Bertz CT molecular complexity index is 260. The molecule has 1 aromatic rings. The molecule has 11 heavy (non-hydrogen) atoms. The van der Waals surface area contributed by atoms with E-state index < -0.39 is 6.10 Å². The summed E-state index contributed by atoms with van der Waals surface area (Å²) in [7, 11) is 0. The highest BCUT2D eigenvalue weighted by Crippen LogP contribution is 2.22. The first-order chi connectivity index (χ1) is 5.13. The molecular weight excluding hydrogens is 211 g/mol. The molecule has 0 aliphatic heterocycles. The summed E-state index contributed by atoms with van der Waals surface area (Å²) in [6, 6.07) is 4.85. The molecule has 0 aliphatic carbocycles. The molecule has 0 fully saturated rings. The molecule has 1 atom stereocenters. The van der Waals surface area contributed by atoms with Crippen molar-refractivity contribution >= 4 is 15.9 Å². The molecule has 1 N–H and O–H groups in total. The van der Waals surface area contributed by atoms with Gasteiger partial charge in [0.25, 0.3) is 0 Å². The van der Waals surface area contributed by atoms with Crippen molar-refractivity contribution in [1.82, 2.24) is 0 Å².